The normalized spacial score (nSPS) is 12.8. The summed E-state index contributed by atoms with van der Waals surface area (Å²) in [4.78, 5) is 19.3. The number of carbonyl (C=O) groups excluding carboxylic acids is 1. The van der Waals surface area contributed by atoms with Crippen LogP contribution in [-0.4, -0.2) is 19.2 Å². The quantitative estimate of drug-likeness (QED) is 0.218. The van der Waals surface area contributed by atoms with E-state index < -0.39 is 0 Å². The van der Waals surface area contributed by atoms with Crippen LogP contribution in [0.2, 0.25) is 10.0 Å². The highest BCUT2D eigenvalue weighted by molar-refractivity contribution is 7.16. The molecule has 0 spiro atoms. The lowest BCUT2D eigenvalue weighted by molar-refractivity contribution is 0.102. The first kappa shape index (κ1) is 26.3. The van der Waals surface area contributed by atoms with Crippen LogP contribution in [0.15, 0.2) is 71.7 Å². The standard InChI is InChI=1S/C30H26Cl2N2O3S/c1-36-25-16-20(15-24(32)28(25)37-18-19-11-13-21(31)14-12-19)17-33-30-27(23-9-5-6-10-26(23)38-30)29(35)34-22-7-3-2-4-8-22/h2-4,7-8,11-17H,5-6,9-10,18H2,1H3,(H,34,35). The number of rotatable bonds is 8. The van der Waals surface area contributed by atoms with Crippen molar-refractivity contribution in [3.05, 3.63) is 104 Å². The van der Waals surface area contributed by atoms with Crippen LogP contribution in [0.3, 0.4) is 0 Å². The summed E-state index contributed by atoms with van der Waals surface area (Å²) in [6, 6.07) is 20.5. The Morgan fingerprint density at radius 2 is 1.82 bits per heavy atom. The van der Waals surface area contributed by atoms with Crippen molar-refractivity contribution in [3.63, 3.8) is 0 Å². The van der Waals surface area contributed by atoms with Gasteiger partial charge in [0.1, 0.15) is 11.6 Å². The maximum absolute atomic E-state index is 13.3. The molecule has 0 atom stereocenters. The second-order valence-electron chi connectivity index (χ2n) is 8.92. The number of ether oxygens (including phenoxy) is 2. The van der Waals surface area contributed by atoms with E-state index in [9.17, 15) is 4.79 Å². The van der Waals surface area contributed by atoms with E-state index in [1.165, 1.54) is 4.88 Å². The summed E-state index contributed by atoms with van der Waals surface area (Å²) in [6.45, 7) is 0.321. The van der Waals surface area contributed by atoms with E-state index >= 15 is 0 Å². The van der Waals surface area contributed by atoms with Gasteiger partial charge in [0.2, 0.25) is 0 Å². The van der Waals surface area contributed by atoms with Gasteiger partial charge in [-0.1, -0.05) is 53.5 Å². The minimum atomic E-state index is -0.135. The number of thiophene rings is 1. The number of aryl methyl sites for hydroxylation is 1. The molecule has 38 heavy (non-hydrogen) atoms. The number of carbonyl (C=O) groups is 1. The van der Waals surface area contributed by atoms with Gasteiger partial charge in [0, 0.05) is 21.8 Å². The fourth-order valence-corrected chi connectivity index (χ4v) is 6.05. The molecule has 8 heteroatoms. The van der Waals surface area contributed by atoms with Gasteiger partial charge in [-0.3, -0.25) is 4.79 Å². The number of fused-ring (bicyclic) bond motifs is 1. The fraction of sp³-hybridized carbons (Fsp3) is 0.200. The molecule has 1 aromatic heterocycles. The topological polar surface area (TPSA) is 59.9 Å². The van der Waals surface area contributed by atoms with Gasteiger partial charge in [0.05, 0.1) is 17.7 Å². The Morgan fingerprint density at radius 1 is 1.05 bits per heavy atom. The van der Waals surface area contributed by atoms with Gasteiger partial charge in [-0.25, -0.2) is 4.99 Å². The Bertz CT molecular complexity index is 1470. The van der Waals surface area contributed by atoms with Crippen molar-refractivity contribution in [3.8, 4) is 11.5 Å². The van der Waals surface area contributed by atoms with Crippen molar-refractivity contribution in [1.29, 1.82) is 0 Å². The molecule has 1 amide bonds. The van der Waals surface area contributed by atoms with Crippen molar-refractivity contribution < 1.29 is 14.3 Å². The summed E-state index contributed by atoms with van der Waals surface area (Å²) in [7, 11) is 1.57. The Kier molecular flexibility index (Phi) is 8.32. The van der Waals surface area contributed by atoms with E-state index in [1.807, 2.05) is 60.7 Å². The van der Waals surface area contributed by atoms with Gasteiger partial charge in [-0.15, -0.1) is 11.3 Å². The smallest absolute Gasteiger partial charge is 0.259 e. The van der Waals surface area contributed by atoms with Crippen molar-refractivity contribution in [2.24, 2.45) is 4.99 Å². The number of amides is 1. The number of anilines is 1. The summed E-state index contributed by atoms with van der Waals surface area (Å²) in [5.74, 6) is 0.820. The molecule has 5 rings (SSSR count). The van der Waals surface area contributed by atoms with Crippen LogP contribution in [-0.2, 0) is 19.4 Å². The van der Waals surface area contributed by atoms with E-state index in [-0.39, 0.29) is 5.91 Å². The van der Waals surface area contributed by atoms with Gasteiger partial charge in [-0.2, -0.15) is 0 Å². The number of aliphatic imine (C=N–C) groups is 1. The third-order valence-electron chi connectivity index (χ3n) is 6.29. The summed E-state index contributed by atoms with van der Waals surface area (Å²) >= 11 is 14.1. The number of nitrogens with zero attached hydrogens (tertiary/aromatic N) is 1. The molecule has 0 aliphatic heterocycles. The SMILES string of the molecule is COc1cc(C=Nc2sc3c(c2C(=O)Nc2ccccc2)CCCC3)cc(Cl)c1OCc1ccc(Cl)cc1. The molecular formula is C30H26Cl2N2O3S. The lowest BCUT2D eigenvalue weighted by Gasteiger charge is -2.13. The Morgan fingerprint density at radius 3 is 2.58 bits per heavy atom. The number of halogens is 2. The lowest BCUT2D eigenvalue weighted by atomic mass is 9.95. The minimum absolute atomic E-state index is 0.135. The zero-order valence-corrected chi connectivity index (χ0v) is 23.1. The van der Waals surface area contributed by atoms with E-state index in [2.05, 4.69) is 5.32 Å². The van der Waals surface area contributed by atoms with Crippen LogP contribution in [0, 0.1) is 0 Å². The van der Waals surface area contributed by atoms with Crippen LogP contribution in [0.1, 0.15) is 44.8 Å². The summed E-state index contributed by atoms with van der Waals surface area (Å²) in [5, 5.41) is 4.80. The summed E-state index contributed by atoms with van der Waals surface area (Å²) in [5.41, 5.74) is 4.23. The molecule has 1 aliphatic carbocycles. The zero-order valence-electron chi connectivity index (χ0n) is 20.8. The first-order valence-electron chi connectivity index (χ1n) is 12.3. The molecule has 0 bridgehead atoms. The van der Waals surface area contributed by atoms with Crippen molar-refractivity contribution in [2.75, 3.05) is 12.4 Å². The molecule has 4 aromatic rings. The fourth-order valence-electron chi connectivity index (χ4n) is 4.42. The van der Waals surface area contributed by atoms with Gasteiger partial charge in [0.15, 0.2) is 11.5 Å². The van der Waals surface area contributed by atoms with Crippen molar-refractivity contribution in [2.45, 2.75) is 32.3 Å². The first-order chi connectivity index (χ1) is 18.5. The molecule has 1 N–H and O–H groups in total. The molecule has 0 fully saturated rings. The molecule has 0 unspecified atom stereocenters. The van der Waals surface area contributed by atoms with Gasteiger partial charge in [-0.05, 0) is 78.8 Å². The van der Waals surface area contributed by atoms with Crippen LogP contribution in [0.25, 0.3) is 0 Å². The number of hydrogen-bond donors (Lipinski definition) is 1. The zero-order chi connectivity index (χ0) is 26.5. The number of methoxy groups -OCH3 is 1. The van der Waals surface area contributed by atoms with E-state index in [0.29, 0.717) is 38.7 Å². The number of hydrogen-bond acceptors (Lipinski definition) is 5. The van der Waals surface area contributed by atoms with E-state index in [1.54, 1.807) is 30.7 Å². The van der Waals surface area contributed by atoms with Gasteiger partial charge >= 0.3 is 0 Å². The number of benzene rings is 3. The molecule has 1 heterocycles. The first-order valence-corrected chi connectivity index (χ1v) is 13.9. The summed E-state index contributed by atoms with van der Waals surface area (Å²) < 4.78 is 11.5. The molecule has 0 saturated heterocycles. The molecular weight excluding hydrogens is 539 g/mol. The Balaban J connectivity index is 1.40. The monoisotopic (exact) mass is 564 g/mol. The van der Waals surface area contributed by atoms with E-state index in [4.69, 9.17) is 37.7 Å². The van der Waals surface area contributed by atoms with Crippen molar-refractivity contribution in [1.82, 2.24) is 0 Å². The second-order valence-corrected chi connectivity index (χ2v) is 10.8. The minimum Gasteiger partial charge on any atom is -0.493 e. The molecule has 0 radical (unpaired) electrons. The maximum atomic E-state index is 13.3. The van der Waals surface area contributed by atoms with Gasteiger partial charge < -0.3 is 14.8 Å². The highest BCUT2D eigenvalue weighted by atomic mass is 35.5. The third-order valence-corrected chi connectivity index (χ3v) is 8.02. The molecule has 5 nitrogen and oxygen atoms in total. The largest absolute Gasteiger partial charge is 0.493 e. The molecule has 3 aromatic carbocycles. The predicted octanol–water partition coefficient (Wildman–Crippen LogP) is 8.52. The van der Waals surface area contributed by atoms with Crippen LogP contribution >= 0.6 is 34.5 Å². The number of nitrogens with one attached hydrogen (secondary N) is 1. The molecule has 0 saturated carbocycles. The molecule has 194 valence electrons. The van der Waals surface area contributed by atoms with Gasteiger partial charge in [0.25, 0.3) is 5.91 Å². The average molecular weight is 566 g/mol. The average Bonchev–Trinajstić information content (AvgIpc) is 3.31. The number of para-hydroxylation sites is 1. The van der Waals surface area contributed by atoms with Crippen LogP contribution in [0.5, 0.6) is 11.5 Å². The predicted molar refractivity (Wildman–Crippen MR) is 156 cm³/mol. The van der Waals surface area contributed by atoms with E-state index in [0.717, 1.165) is 48.1 Å². The maximum Gasteiger partial charge on any atom is 0.259 e. The summed E-state index contributed by atoms with van der Waals surface area (Å²) in [6.07, 6.45) is 5.77. The van der Waals surface area contributed by atoms with Crippen molar-refractivity contribution >= 4 is 57.3 Å². The highest BCUT2D eigenvalue weighted by Gasteiger charge is 2.25. The Labute approximate surface area is 236 Å². The second kappa shape index (κ2) is 12.0. The van der Waals surface area contributed by atoms with Crippen LogP contribution < -0.4 is 14.8 Å². The lowest BCUT2D eigenvalue weighted by Crippen LogP contribution is -2.14. The van der Waals surface area contributed by atoms with Crippen LogP contribution in [0.4, 0.5) is 10.7 Å². The Hall–Kier alpha value is -3.32. The highest BCUT2D eigenvalue weighted by Crippen LogP contribution is 2.41. The third kappa shape index (κ3) is 6.04. The molecule has 1 aliphatic rings.